The van der Waals surface area contributed by atoms with Crippen molar-refractivity contribution in [2.75, 3.05) is 13.6 Å². The summed E-state index contributed by atoms with van der Waals surface area (Å²) in [6, 6.07) is 1.21. The molecule has 6 nitrogen and oxygen atoms in total. The molecule has 1 aromatic heterocycles. The van der Waals surface area contributed by atoms with Gasteiger partial charge in [-0.25, -0.2) is 0 Å². The summed E-state index contributed by atoms with van der Waals surface area (Å²) in [6.45, 7) is 0.975. The molecule has 0 radical (unpaired) electrons. The Labute approximate surface area is 94.2 Å². The lowest BCUT2D eigenvalue weighted by Crippen LogP contribution is -2.25. The Morgan fingerprint density at radius 2 is 2.33 bits per heavy atom. The molecule has 0 saturated heterocycles. The van der Waals surface area contributed by atoms with E-state index >= 15 is 0 Å². The van der Waals surface area contributed by atoms with Crippen LogP contribution in [0, 0.1) is 10.1 Å². The Bertz CT molecular complexity index is 430. The van der Waals surface area contributed by atoms with Crippen LogP contribution < -0.4 is 10.9 Å². The zero-order valence-corrected chi connectivity index (χ0v) is 9.65. The molecule has 0 spiro atoms. The van der Waals surface area contributed by atoms with Crippen molar-refractivity contribution in [2.24, 2.45) is 0 Å². The van der Waals surface area contributed by atoms with Gasteiger partial charge in [-0.2, -0.15) is 0 Å². The summed E-state index contributed by atoms with van der Waals surface area (Å²) in [5, 5.41) is 13.4. The van der Waals surface area contributed by atoms with E-state index in [9.17, 15) is 14.9 Å². The average molecular weight is 276 g/mol. The molecule has 7 heteroatoms. The Morgan fingerprint density at radius 1 is 1.67 bits per heavy atom. The zero-order valence-electron chi connectivity index (χ0n) is 8.07. The summed E-state index contributed by atoms with van der Waals surface area (Å²) in [4.78, 5) is 21.5. The van der Waals surface area contributed by atoms with E-state index < -0.39 is 4.92 Å². The monoisotopic (exact) mass is 275 g/mol. The average Bonchev–Trinajstić information content (AvgIpc) is 2.19. The van der Waals surface area contributed by atoms with Gasteiger partial charge in [-0.1, -0.05) is 0 Å². The van der Waals surface area contributed by atoms with Crippen LogP contribution in [-0.2, 0) is 6.54 Å². The summed E-state index contributed by atoms with van der Waals surface area (Å²) >= 11 is 3.00. The fourth-order valence-corrected chi connectivity index (χ4v) is 1.54. The van der Waals surface area contributed by atoms with Crippen LogP contribution in [0.2, 0.25) is 0 Å². The highest BCUT2D eigenvalue weighted by Gasteiger charge is 2.11. The predicted molar refractivity (Wildman–Crippen MR) is 59.0 cm³/mol. The Morgan fingerprint density at radius 3 is 2.87 bits per heavy atom. The molecule has 0 amide bonds. The van der Waals surface area contributed by atoms with Crippen molar-refractivity contribution >= 4 is 21.6 Å². The van der Waals surface area contributed by atoms with Gasteiger partial charge in [-0.05, 0) is 23.0 Å². The first kappa shape index (κ1) is 11.9. The largest absolute Gasteiger partial charge is 0.318 e. The van der Waals surface area contributed by atoms with Crippen molar-refractivity contribution in [1.82, 2.24) is 9.88 Å². The van der Waals surface area contributed by atoms with E-state index in [-0.39, 0.29) is 15.7 Å². The minimum Gasteiger partial charge on any atom is -0.318 e. The highest BCUT2D eigenvalue weighted by molar-refractivity contribution is 9.10. The number of likely N-dealkylation sites (N-methyl/N-ethyl adjacent to an activating group) is 1. The minimum atomic E-state index is -0.528. The number of nitrogens with zero attached hydrogens (tertiary/aromatic N) is 2. The summed E-state index contributed by atoms with van der Waals surface area (Å²) in [6.07, 6.45) is 1.24. The van der Waals surface area contributed by atoms with Gasteiger partial charge >= 0.3 is 0 Å². The SMILES string of the molecule is CNCCn1cc([N+](=O)[O-])cc(Br)c1=O. The summed E-state index contributed by atoms with van der Waals surface area (Å²) in [7, 11) is 1.75. The van der Waals surface area contributed by atoms with Crippen LogP contribution in [-0.4, -0.2) is 23.1 Å². The van der Waals surface area contributed by atoms with Gasteiger partial charge < -0.3 is 9.88 Å². The second-order valence-corrected chi connectivity index (χ2v) is 3.76. The number of aromatic nitrogens is 1. The lowest BCUT2D eigenvalue weighted by atomic mass is 10.4. The second kappa shape index (κ2) is 5.04. The number of hydrogen-bond donors (Lipinski definition) is 1. The van der Waals surface area contributed by atoms with Crippen molar-refractivity contribution in [3.63, 3.8) is 0 Å². The predicted octanol–water partition coefficient (Wildman–Crippen LogP) is 0.738. The maximum Gasteiger partial charge on any atom is 0.286 e. The molecule has 0 atom stereocenters. The number of rotatable bonds is 4. The third kappa shape index (κ3) is 2.87. The molecule has 0 aliphatic rings. The van der Waals surface area contributed by atoms with E-state index in [1.54, 1.807) is 7.05 Å². The third-order valence-corrected chi connectivity index (χ3v) is 2.41. The number of nitrogens with one attached hydrogen (secondary N) is 1. The maximum atomic E-state index is 11.5. The maximum absolute atomic E-state index is 11.5. The third-order valence-electron chi connectivity index (χ3n) is 1.84. The summed E-state index contributed by atoms with van der Waals surface area (Å²) in [5.74, 6) is 0. The topological polar surface area (TPSA) is 77.2 Å². The molecule has 1 aromatic rings. The molecular weight excluding hydrogens is 266 g/mol. The van der Waals surface area contributed by atoms with E-state index in [1.165, 1.54) is 16.8 Å². The van der Waals surface area contributed by atoms with Crippen molar-refractivity contribution in [3.05, 3.63) is 37.2 Å². The van der Waals surface area contributed by atoms with E-state index in [0.29, 0.717) is 13.1 Å². The Kier molecular flexibility index (Phi) is 3.98. The Balaban J connectivity index is 3.13. The number of nitro groups is 1. The minimum absolute atomic E-state index is 0.0995. The molecular formula is C8H10BrN3O3. The van der Waals surface area contributed by atoms with Crippen LogP contribution in [0.15, 0.2) is 21.5 Å². The van der Waals surface area contributed by atoms with Crippen LogP contribution in [0.1, 0.15) is 0 Å². The lowest BCUT2D eigenvalue weighted by molar-refractivity contribution is -0.385. The number of halogens is 1. The van der Waals surface area contributed by atoms with Crippen LogP contribution in [0.4, 0.5) is 5.69 Å². The van der Waals surface area contributed by atoms with Gasteiger partial charge in [0, 0.05) is 19.2 Å². The van der Waals surface area contributed by atoms with Crippen LogP contribution in [0.25, 0.3) is 0 Å². The van der Waals surface area contributed by atoms with Gasteiger partial charge in [0.05, 0.1) is 15.6 Å². The van der Waals surface area contributed by atoms with Gasteiger partial charge in [-0.15, -0.1) is 0 Å². The fraction of sp³-hybridized carbons (Fsp3) is 0.375. The van der Waals surface area contributed by atoms with E-state index in [4.69, 9.17) is 0 Å². The van der Waals surface area contributed by atoms with E-state index in [2.05, 4.69) is 21.2 Å². The van der Waals surface area contributed by atoms with Crippen LogP contribution in [0.3, 0.4) is 0 Å². The second-order valence-electron chi connectivity index (χ2n) is 2.91. The van der Waals surface area contributed by atoms with Gasteiger partial charge in [0.1, 0.15) is 0 Å². The highest BCUT2D eigenvalue weighted by Crippen LogP contribution is 2.13. The van der Waals surface area contributed by atoms with E-state index in [0.717, 1.165) is 0 Å². The first-order valence-corrected chi connectivity index (χ1v) is 5.04. The zero-order chi connectivity index (χ0) is 11.4. The molecule has 15 heavy (non-hydrogen) atoms. The first-order chi connectivity index (χ1) is 7.06. The number of hydrogen-bond acceptors (Lipinski definition) is 4. The molecule has 1 rings (SSSR count). The molecule has 0 unspecified atom stereocenters. The Hall–Kier alpha value is -1.21. The van der Waals surface area contributed by atoms with Crippen LogP contribution in [0.5, 0.6) is 0 Å². The summed E-state index contributed by atoms with van der Waals surface area (Å²) < 4.78 is 1.51. The van der Waals surface area contributed by atoms with Crippen molar-refractivity contribution in [3.8, 4) is 0 Å². The normalized spacial score (nSPS) is 10.3. The standard InChI is InChI=1S/C8H10BrN3O3/c1-10-2-3-11-5-6(12(14)15)4-7(9)8(11)13/h4-5,10H,2-3H2,1H3. The van der Waals surface area contributed by atoms with Crippen molar-refractivity contribution < 1.29 is 4.92 Å². The fourth-order valence-electron chi connectivity index (χ4n) is 1.08. The first-order valence-electron chi connectivity index (χ1n) is 4.25. The van der Waals surface area contributed by atoms with Gasteiger partial charge in [0.2, 0.25) is 0 Å². The quantitative estimate of drug-likeness (QED) is 0.650. The smallest absolute Gasteiger partial charge is 0.286 e. The molecule has 82 valence electrons. The molecule has 0 saturated carbocycles. The summed E-state index contributed by atoms with van der Waals surface area (Å²) in [5.41, 5.74) is -0.367. The number of pyridine rings is 1. The molecule has 0 bridgehead atoms. The lowest BCUT2D eigenvalue weighted by Gasteiger charge is -2.05. The van der Waals surface area contributed by atoms with Gasteiger partial charge in [0.25, 0.3) is 11.2 Å². The van der Waals surface area contributed by atoms with Crippen molar-refractivity contribution in [1.29, 1.82) is 0 Å². The molecule has 1 heterocycles. The van der Waals surface area contributed by atoms with E-state index in [1.807, 2.05) is 0 Å². The van der Waals surface area contributed by atoms with Gasteiger partial charge in [0.15, 0.2) is 0 Å². The van der Waals surface area contributed by atoms with Gasteiger partial charge in [-0.3, -0.25) is 14.9 Å². The molecule has 1 N–H and O–H groups in total. The highest BCUT2D eigenvalue weighted by atomic mass is 79.9. The van der Waals surface area contributed by atoms with Crippen molar-refractivity contribution in [2.45, 2.75) is 6.54 Å². The molecule has 0 aliphatic heterocycles. The molecule has 0 aliphatic carbocycles. The molecule has 0 aromatic carbocycles. The molecule has 0 fully saturated rings. The van der Waals surface area contributed by atoms with Crippen LogP contribution >= 0.6 is 15.9 Å².